The fraction of sp³-hybridized carbons (Fsp3) is 0.294. The minimum Gasteiger partial charge on any atom is -0.370 e. The Morgan fingerprint density at radius 2 is 1.95 bits per heavy atom. The van der Waals surface area contributed by atoms with E-state index in [1.165, 1.54) is 0 Å². The number of hydrogen-bond acceptors (Lipinski definition) is 3. The Kier molecular flexibility index (Phi) is 4.93. The number of aromatic nitrogens is 1. The van der Waals surface area contributed by atoms with E-state index >= 15 is 0 Å². The predicted octanol–water partition coefficient (Wildman–Crippen LogP) is 3.89. The fourth-order valence-corrected chi connectivity index (χ4v) is 2.20. The smallest absolute Gasteiger partial charge is 0.259 e. The number of carbonyl (C=O) groups excluding carboxylic acids is 1. The quantitative estimate of drug-likeness (QED) is 0.875. The van der Waals surface area contributed by atoms with Crippen LogP contribution in [0.1, 0.15) is 42.6 Å². The Bertz CT molecular complexity index is 623. The second-order valence-electron chi connectivity index (χ2n) is 5.13. The Hall–Kier alpha value is -2.36. The SMILES string of the molecule is CCNc1ncccc1C(=O)Nc1ccccc1C(C)C. The maximum absolute atomic E-state index is 12.5. The van der Waals surface area contributed by atoms with Crippen molar-refractivity contribution in [1.82, 2.24) is 4.98 Å². The van der Waals surface area contributed by atoms with Gasteiger partial charge in [-0.25, -0.2) is 4.98 Å². The van der Waals surface area contributed by atoms with Crippen LogP contribution >= 0.6 is 0 Å². The number of amides is 1. The van der Waals surface area contributed by atoms with E-state index in [4.69, 9.17) is 0 Å². The zero-order valence-electron chi connectivity index (χ0n) is 12.7. The van der Waals surface area contributed by atoms with Crippen LogP contribution in [-0.4, -0.2) is 17.4 Å². The number of anilines is 2. The molecule has 0 radical (unpaired) electrons. The lowest BCUT2D eigenvalue weighted by molar-refractivity contribution is 0.102. The summed E-state index contributed by atoms with van der Waals surface area (Å²) >= 11 is 0. The van der Waals surface area contributed by atoms with Gasteiger partial charge in [-0.2, -0.15) is 0 Å². The van der Waals surface area contributed by atoms with Crippen molar-refractivity contribution in [2.75, 3.05) is 17.2 Å². The van der Waals surface area contributed by atoms with Crippen LogP contribution in [0.5, 0.6) is 0 Å². The topological polar surface area (TPSA) is 54.0 Å². The summed E-state index contributed by atoms with van der Waals surface area (Å²) in [5.41, 5.74) is 2.53. The molecule has 0 aliphatic heterocycles. The van der Waals surface area contributed by atoms with Crippen LogP contribution < -0.4 is 10.6 Å². The molecule has 2 rings (SSSR count). The van der Waals surface area contributed by atoms with Gasteiger partial charge in [-0.15, -0.1) is 0 Å². The van der Waals surface area contributed by atoms with Gasteiger partial charge in [0.1, 0.15) is 5.82 Å². The number of hydrogen-bond donors (Lipinski definition) is 2. The molecule has 1 amide bonds. The summed E-state index contributed by atoms with van der Waals surface area (Å²) in [6.07, 6.45) is 1.68. The molecule has 1 aromatic carbocycles. The standard InChI is InChI=1S/C17H21N3O/c1-4-18-16-14(9-7-11-19-16)17(21)20-15-10-6-5-8-13(15)12(2)3/h5-12H,4H2,1-3H3,(H,18,19)(H,20,21). The van der Waals surface area contributed by atoms with Crippen molar-refractivity contribution in [3.05, 3.63) is 53.7 Å². The molecule has 1 heterocycles. The lowest BCUT2D eigenvalue weighted by Crippen LogP contribution is -2.16. The molecule has 4 heteroatoms. The minimum atomic E-state index is -0.146. The number of rotatable bonds is 5. The van der Waals surface area contributed by atoms with Gasteiger partial charge in [0.25, 0.3) is 5.91 Å². The molecule has 0 aliphatic carbocycles. The summed E-state index contributed by atoms with van der Waals surface area (Å²) in [6, 6.07) is 11.4. The zero-order chi connectivity index (χ0) is 15.2. The van der Waals surface area contributed by atoms with Crippen molar-refractivity contribution in [2.24, 2.45) is 0 Å². The van der Waals surface area contributed by atoms with E-state index in [0.717, 1.165) is 17.8 Å². The number of nitrogens with one attached hydrogen (secondary N) is 2. The van der Waals surface area contributed by atoms with Crippen molar-refractivity contribution >= 4 is 17.4 Å². The van der Waals surface area contributed by atoms with E-state index in [2.05, 4.69) is 29.5 Å². The third-order valence-electron chi connectivity index (χ3n) is 3.23. The van der Waals surface area contributed by atoms with Crippen LogP contribution in [0, 0.1) is 0 Å². The Morgan fingerprint density at radius 1 is 1.19 bits per heavy atom. The molecule has 110 valence electrons. The molecule has 0 saturated carbocycles. The average molecular weight is 283 g/mol. The van der Waals surface area contributed by atoms with Crippen molar-refractivity contribution in [1.29, 1.82) is 0 Å². The summed E-state index contributed by atoms with van der Waals surface area (Å²) < 4.78 is 0. The Morgan fingerprint density at radius 3 is 2.67 bits per heavy atom. The third kappa shape index (κ3) is 3.60. The number of benzene rings is 1. The molecule has 0 unspecified atom stereocenters. The lowest BCUT2D eigenvalue weighted by atomic mass is 10.0. The first kappa shape index (κ1) is 15.0. The highest BCUT2D eigenvalue weighted by Gasteiger charge is 2.14. The van der Waals surface area contributed by atoms with Gasteiger partial charge in [0.2, 0.25) is 0 Å². The lowest BCUT2D eigenvalue weighted by Gasteiger charge is -2.14. The largest absolute Gasteiger partial charge is 0.370 e. The molecule has 0 fully saturated rings. The van der Waals surface area contributed by atoms with Crippen LogP contribution in [0.3, 0.4) is 0 Å². The maximum atomic E-state index is 12.5. The monoisotopic (exact) mass is 283 g/mol. The Balaban J connectivity index is 2.27. The van der Waals surface area contributed by atoms with Crippen molar-refractivity contribution in [3.63, 3.8) is 0 Å². The summed E-state index contributed by atoms with van der Waals surface area (Å²) in [5, 5.41) is 6.10. The van der Waals surface area contributed by atoms with Gasteiger partial charge in [-0.1, -0.05) is 32.0 Å². The van der Waals surface area contributed by atoms with Gasteiger partial charge < -0.3 is 10.6 Å². The number of nitrogens with zero attached hydrogens (tertiary/aromatic N) is 1. The molecule has 1 aromatic heterocycles. The van der Waals surface area contributed by atoms with Gasteiger partial charge in [0, 0.05) is 18.4 Å². The molecule has 0 atom stereocenters. The molecule has 2 aromatic rings. The summed E-state index contributed by atoms with van der Waals surface area (Å²) in [6.45, 7) is 6.92. The predicted molar refractivity (Wildman–Crippen MR) is 86.9 cm³/mol. The van der Waals surface area contributed by atoms with Gasteiger partial charge in [-0.05, 0) is 36.6 Å². The molecule has 4 nitrogen and oxygen atoms in total. The van der Waals surface area contributed by atoms with E-state index < -0.39 is 0 Å². The van der Waals surface area contributed by atoms with Gasteiger partial charge in [0.05, 0.1) is 5.56 Å². The van der Waals surface area contributed by atoms with Crippen LogP contribution in [0.25, 0.3) is 0 Å². The molecule has 0 spiro atoms. The first-order valence-corrected chi connectivity index (χ1v) is 7.22. The second kappa shape index (κ2) is 6.88. The highest BCUT2D eigenvalue weighted by Crippen LogP contribution is 2.24. The zero-order valence-corrected chi connectivity index (χ0v) is 12.7. The van der Waals surface area contributed by atoms with E-state index in [0.29, 0.717) is 17.3 Å². The average Bonchev–Trinajstić information content (AvgIpc) is 2.48. The highest BCUT2D eigenvalue weighted by molar-refractivity contribution is 6.07. The van der Waals surface area contributed by atoms with Gasteiger partial charge in [0.15, 0.2) is 0 Å². The highest BCUT2D eigenvalue weighted by atomic mass is 16.1. The molecular weight excluding hydrogens is 262 g/mol. The first-order valence-electron chi connectivity index (χ1n) is 7.22. The Labute approximate surface area is 125 Å². The molecule has 0 aliphatic rings. The van der Waals surface area contributed by atoms with Crippen LogP contribution in [0.15, 0.2) is 42.6 Å². The normalized spacial score (nSPS) is 10.5. The molecular formula is C17H21N3O. The molecule has 0 bridgehead atoms. The van der Waals surface area contributed by atoms with E-state index in [1.807, 2.05) is 31.2 Å². The van der Waals surface area contributed by atoms with E-state index in [-0.39, 0.29) is 5.91 Å². The second-order valence-corrected chi connectivity index (χ2v) is 5.13. The van der Waals surface area contributed by atoms with Gasteiger partial charge in [-0.3, -0.25) is 4.79 Å². The fourth-order valence-electron chi connectivity index (χ4n) is 2.20. The van der Waals surface area contributed by atoms with Gasteiger partial charge >= 0.3 is 0 Å². The van der Waals surface area contributed by atoms with Crippen molar-refractivity contribution in [3.8, 4) is 0 Å². The molecule has 21 heavy (non-hydrogen) atoms. The minimum absolute atomic E-state index is 0.146. The summed E-state index contributed by atoms with van der Waals surface area (Å²) in [7, 11) is 0. The van der Waals surface area contributed by atoms with Crippen LogP contribution in [-0.2, 0) is 0 Å². The molecule has 2 N–H and O–H groups in total. The number of pyridine rings is 1. The third-order valence-corrected chi connectivity index (χ3v) is 3.23. The summed E-state index contributed by atoms with van der Waals surface area (Å²) in [5.74, 6) is 0.815. The molecule has 0 saturated heterocycles. The number of para-hydroxylation sites is 1. The first-order chi connectivity index (χ1) is 10.1. The van der Waals surface area contributed by atoms with Crippen molar-refractivity contribution in [2.45, 2.75) is 26.7 Å². The van der Waals surface area contributed by atoms with E-state index in [1.54, 1.807) is 18.3 Å². The number of carbonyl (C=O) groups is 1. The maximum Gasteiger partial charge on any atom is 0.259 e. The van der Waals surface area contributed by atoms with Crippen LogP contribution in [0.4, 0.5) is 11.5 Å². The summed E-state index contributed by atoms with van der Waals surface area (Å²) in [4.78, 5) is 16.7. The van der Waals surface area contributed by atoms with Crippen molar-refractivity contribution < 1.29 is 4.79 Å². The van der Waals surface area contributed by atoms with E-state index in [9.17, 15) is 4.79 Å². The van der Waals surface area contributed by atoms with Crippen LogP contribution in [0.2, 0.25) is 0 Å².